The van der Waals surface area contributed by atoms with E-state index < -0.39 is 93.6 Å². The molecule has 0 radical (unpaired) electrons. The summed E-state index contributed by atoms with van der Waals surface area (Å²) in [5, 5.41) is 117. The van der Waals surface area contributed by atoms with E-state index in [1.165, 1.54) is 68.8 Å². The summed E-state index contributed by atoms with van der Waals surface area (Å²) < 4.78 is 16.9. The van der Waals surface area contributed by atoms with Crippen LogP contribution in [0, 0.1) is 6.92 Å². The molecule has 0 spiro atoms. The molecule has 6 aromatic carbocycles. The van der Waals surface area contributed by atoms with Crippen LogP contribution in [0.3, 0.4) is 0 Å². The van der Waals surface area contributed by atoms with Crippen LogP contribution in [0.5, 0.6) is 0 Å². The summed E-state index contributed by atoms with van der Waals surface area (Å²) in [7, 11) is 0. The molecule has 15 nitrogen and oxygen atoms in total. The zero-order valence-electron chi connectivity index (χ0n) is 49.3. The molecule has 0 aliphatic carbocycles. The van der Waals surface area contributed by atoms with Gasteiger partial charge in [0, 0.05) is 49.7 Å². The van der Waals surface area contributed by atoms with Crippen LogP contribution in [0.4, 0.5) is 0 Å². The highest BCUT2D eigenvalue weighted by Crippen LogP contribution is 2.47. The summed E-state index contributed by atoms with van der Waals surface area (Å²) in [5.74, 6) is 3.96. The standard InChI is InChI=1S/2C23H30O5S.C21H26O5S/c1-13(2)15-4-6-16(7-5-15)19-12-29-21-9-8-17(10-18(19)21)22(23(26)27)28-20(11-24)14(3)25;1-3-4-15-5-7-16(8-6-15)19-13-29-21-10-9-17(11-18(19)21)22(23(26)27)28-20(12-24)14(2)25;1-12-3-5-14(6-4-12)17-11-27-19-8-7-15(9-16(17)19)20(21(24)25)26-18(10-22)13(2)23/h4-10,13-14,19-20,22-27H,11-12H2,1-3H3;5-11,14,19-20,22-27H,3-4,12-13H2,1-2H3;3-9,13,17-18,20-25H,10-11H2,1-2H3/t2*14?,19-,20?,22?;13?,17-,18?,20?/m000/s1. The fourth-order valence-electron chi connectivity index (χ4n) is 10.6. The van der Waals surface area contributed by atoms with E-state index in [0.717, 1.165) is 46.8 Å². The Labute approximate surface area is 512 Å². The van der Waals surface area contributed by atoms with Crippen molar-refractivity contribution in [2.24, 2.45) is 0 Å². The molecular formula is C67H86O15S3. The minimum absolute atomic E-state index is 0.220. The number of rotatable bonds is 24. The fourth-order valence-corrected chi connectivity index (χ4v) is 14.4. The Hall–Kier alpha value is -4.23. The molecule has 0 saturated heterocycles. The third-order valence-corrected chi connectivity index (χ3v) is 19.3. The maximum atomic E-state index is 9.87. The van der Waals surface area contributed by atoms with Gasteiger partial charge in [-0.3, -0.25) is 0 Å². The van der Waals surface area contributed by atoms with Crippen molar-refractivity contribution in [1.82, 2.24) is 0 Å². The average molecular weight is 1230 g/mol. The van der Waals surface area contributed by atoms with Gasteiger partial charge in [0.05, 0.1) is 38.1 Å². The molecule has 18 heteroatoms. The van der Waals surface area contributed by atoms with Crippen molar-refractivity contribution >= 4 is 35.3 Å². The molecule has 0 amide bonds. The van der Waals surface area contributed by atoms with Gasteiger partial charge in [0.25, 0.3) is 0 Å². The first-order valence-corrected chi connectivity index (χ1v) is 32.1. The summed E-state index contributed by atoms with van der Waals surface area (Å²) in [4.78, 5) is 3.52. The normalized spacial score (nSPS) is 19.4. The van der Waals surface area contributed by atoms with E-state index in [2.05, 4.69) is 100 Å². The summed E-state index contributed by atoms with van der Waals surface area (Å²) in [6.45, 7) is 11.8. The van der Waals surface area contributed by atoms with Gasteiger partial charge in [-0.15, -0.1) is 35.3 Å². The highest BCUT2D eigenvalue weighted by molar-refractivity contribution is 8.00. The van der Waals surface area contributed by atoms with Crippen molar-refractivity contribution in [3.05, 3.63) is 194 Å². The van der Waals surface area contributed by atoms with Crippen molar-refractivity contribution in [3.63, 3.8) is 0 Å². The molecular weight excluding hydrogens is 1140 g/mol. The van der Waals surface area contributed by atoms with Crippen LogP contribution in [0.25, 0.3) is 0 Å². The Morgan fingerprint density at radius 3 is 0.976 bits per heavy atom. The van der Waals surface area contributed by atoms with Crippen LogP contribution < -0.4 is 0 Å². The first kappa shape index (κ1) is 68.3. The summed E-state index contributed by atoms with van der Waals surface area (Å²) >= 11 is 5.36. The Balaban J connectivity index is 0.000000183. The van der Waals surface area contributed by atoms with Gasteiger partial charge < -0.3 is 75.5 Å². The van der Waals surface area contributed by atoms with Gasteiger partial charge in [-0.2, -0.15) is 0 Å². The maximum Gasteiger partial charge on any atom is 0.182 e. The lowest BCUT2D eigenvalue weighted by Gasteiger charge is -2.27. The second kappa shape index (κ2) is 32.3. The number of aliphatic hydroxyl groups is 12. The first-order chi connectivity index (χ1) is 40.7. The molecule has 3 heterocycles. The second-order valence-corrected chi connectivity index (χ2v) is 25.7. The molecule has 0 saturated carbocycles. The largest absolute Gasteiger partial charge is 0.394 e. The highest BCUT2D eigenvalue weighted by Gasteiger charge is 2.34. The van der Waals surface area contributed by atoms with E-state index in [1.807, 2.05) is 54.6 Å². The van der Waals surface area contributed by atoms with Gasteiger partial charge in [0.2, 0.25) is 0 Å². The number of aliphatic hydroxyl groups excluding tert-OH is 9. The average Bonchev–Trinajstić information content (AvgIpc) is 2.27. The molecule has 6 aromatic rings. The van der Waals surface area contributed by atoms with Crippen LogP contribution in [-0.2, 0) is 20.6 Å². The highest BCUT2D eigenvalue weighted by atomic mass is 32.2. The molecule has 9 unspecified atom stereocenters. The number of hydrogen-bond donors (Lipinski definition) is 12. The van der Waals surface area contributed by atoms with E-state index in [1.54, 1.807) is 35.3 Å². The second-order valence-electron chi connectivity index (χ2n) is 22.5. The molecule has 0 fully saturated rings. The lowest BCUT2D eigenvalue weighted by Crippen LogP contribution is -2.35. The van der Waals surface area contributed by atoms with E-state index in [4.69, 9.17) is 14.2 Å². The fraction of sp³-hybridized carbons (Fsp3) is 0.463. The third-order valence-electron chi connectivity index (χ3n) is 15.8. The molecule has 9 rings (SSSR count). The van der Waals surface area contributed by atoms with Crippen LogP contribution >= 0.6 is 35.3 Å². The number of fused-ring (bicyclic) bond motifs is 3. The third kappa shape index (κ3) is 17.8. The lowest BCUT2D eigenvalue weighted by molar-refractivity contribution is -0.188. The smallest absolute Gasteiger partial charge is 0.182 e. The Morgan fingerprint density at radius 2 is 0.706 bits per heavy atom. The van der Waals surface area contributed by atoms with E-state index in [-0.39, 0.29) is 17.8 Å². The molecule has 3 aliphatic heterocycles. The minimum atomic E-state index is -1.77. The van der Waals surface area contributed by atoms with Crippen molar-refractivity contribution < 1.29 is 75.5 Å². The van der Waals surface area contributed by atoms with Crippen molar-refractivity contribution in [2.75, 3.05) is 37.1 Å². The molecule has 12 atom stereocenters. The Bertz CT molecular complexity index is 2990. The van der Waals surface area contributed by atoms with E-state index >= 15 is 0 Å². The van der Waals surface area contributed by atoms with E-state index in [0.29, 0.717) is 22.6 Å². The quantitative estimate of drug-likeness (QED) is 0.0253. The summed E-state index contributed by atoms with van der Waals surface area (Å²) in [5.41, 5.74) is 12.8. The molecule has 0 bridgehead atoms. The predicted octanol–water partition coefficient (Wildman–Crippen LogP) is 8.49. The monoisotopic (exact) mass is 1230 g/mol. The van der Waals surface area contributed by atoms with Gasteiger partial charge in [-0.25, -0.2) is 0 Å². The number of benzene rings is 6. The Morgan fingerprint density at radius 1 is 0.412 bits per heavy atom. The van der Waals surface area contributed by atoms with Crippen molar-refractivity contribution in [2.45, 2.75) is 173 Å². The zero-order chi connectivity index (χ0) is 61.6. The Kier molecular flexibility index (Phi) is 25.9. The number of thioether (sulfide) groups is 3. The van der Waals surface area contributed by atoms with Crippen LogP contribution in [0.2, 0.25) is 0 Å². The van der Waals surface area contributed by atoms with Gasteiger partial charge in [0.1, 0.15) is 36.6 Å². The van der Waals surface area contributed by atoms with Crippen molar-refractivity contribution in [1.29, 1.82) is 0 Å². The van der Waals surface area contributed by atoms with Crippen LogP contribution in [0.1, 0.15) is 157 Å². The number of hydrogen-bond acceptors (Lipinski definition) is 18. The summed E-state index contributed by atoms with van der Waals surface area (Å²) in [6.07, 6.45) is -11.7. The van der Waals surface area contributed by atoms with Gasteiger partial charge in [-0.1, -0.05) is 142 Å². The van der Waals surface area contributed by atoms with Crippen LogP contribution in [0.15, 0.2) is 142 Å². The zero-order valence-corrected chi connectivity index (χ0v) is 51.8. The number of aryl methyl sites for hydroxylation is 2. The maximum absolute atomic E-state index is 9.87. The lowest BCUT2D eigenvalue weighted by atomic mass is 9.89. The molecule has 85 heavy (non-hydrogen) atoms. The van der Waals surface area contributed by atoms with Gasteiger partial charge >= 0.3 is 0 Å². The van der Waals surface area contributed by atoms with Gasteiger partial charge in [-0.05, 0) is 119 Å². The number of ether oxygens (including phenoxy) is 3. The topological polar surface area (TPSA) is 270 Å². The molecule has 0 aromatic heterocycles. The molecule has 3 aliphatic rings. The SMILES string of the molecule is CC(C)c1ccc([C@@H]2CSc3ccc(C(OC(CO)C(C)O)C(O)O)cc32)cc1.CCCc1ccc([C@@H]2CSc3ccc(C(OC(CO)C(C)O)C(O)O)cc32)cc1.Cc1ccc([C@@H]2CSc3ccc(C(OC(CO)C(C)O)C(O)O)cc32)cc1. The van der Waals surface area contributed by atoms with E-state index in [9.17, 15) is 61.3 Å². The molecule has 462 valence electrons. The predicted molar refractivity (Wildman–Crippen MR) is 333 cm³/mol. The van der Waals surface area contributed by atoms with Gasteiger partial charge in [0.15, 0.2) is 18.9 Å². The molecule has 12 N–H and O–H groups in total. The first-order valence-electron chi connectivity index (χ1n) is 29.1. The summed E-state index contributed by atoms with van der Waals surface area (Å²) in [6, 6.07) is 43.1. The van der Waals surface area contributed by atoms with Crippen molar-refractivity contribution in [3.8, 4) is 0 Å². The minimum Gasteiger partial charge on any atom is -0.394 e. The van der Waals surface area contributed by atoms with Crippen LogP contribution in [-0.4, -0.2) is 154 Å².